The smallest absolute Gasteiger partial charge is 0.308 e. The van der Waals surface area contributed by atoms with Crippen molar-refractivity contribution in [1.82, 2.24) is 9.13 Å². The van der Waals surface area contributed by atoms with E-state index in [0.717, 1.165) is 0 Å². The molecule has 8 aromatic carbocycles. The molecule has 4 nitrogen and oxygen atoms in total. The molecule has 346 valence electrons. The van der Waals surface area contributed by atoms with Gasteiger partial charge in [0.05, 0.1) is 66.8 Å². The average molecular weight is 959 g/mol. The Morgan fingerprint density at radius 3 is 0.929 bits per heavy atom. The van der Waals surface area contributed by atoms with Crippen LogP contribution in [0.1, 0.15) is 33.4 Å². The Labute approximate surface area is 387 Å². The number of rotatable bonds is 5. The minimum absolute atomic E-state index is 0.0630. The number of para-hydroxylation sites is 2. The number of nitrogens with zero attached hydrogens (tertiary/aromatic N) is 4. The summed E-state index contributed by atoms with van der Waals surface area (Å²) in [5.41, 5.74) is -1.96. The highest BCUT2D eigenvalue weighted by atomic mass is 19.4. The standard InChI is InChI=1S/C54H26F12N4/c55-51(56,57)37-17-35(18-38(25-37)52(58,59)60)29-13-15-47-43(21-29)41-5-1-3-7-45(41)69(47)49-23-31(9-11-33(49)27-67)32-10-12-34(28-68)50(24-32)70-46-8-4-2-6-42(46)44-22-30(14-16-48(44)70)36-19-39(53(61,62)63)26-40(20-36)54(64,65)66/h1-26H. The fourth-order valence-electron chi connectivity index (χ4n) is 9.05. The van der Waals surface area contributed by atoms with E-state index in [2.05, 4.69) is 12.1 Å². The molecule has 0 saturated carbocycles. The Bertz CT molecular complexity index is 3550. The summed E-state index contributed by atoms with van der Waals surface area (Å²) in [5.74, 6) is 0. The van der Waals surface area contributed by atoms with E-state index in [0.29, 0.717) is 90.4 Å². The van der Waals surface area contributed by atoms with Crippen LogP contribution in [-0.4, -0.2) is 9.13 Å². The summed E-state index contributed by atoms with van der Waals surface area (Å²) >= 11 is 0. The molecule has 0 N–H and O–H groups in total. The van der Waals surface area contributed by atoms with Crippen LogP contribution in [0.3, 0.4) is 0 Å². The molecule has 16 heteroatoms. The van der Waals surface area contributed by atoms with Crippen molar-refractivity contribution < 1.29 is 52.7 Å². The molecule has 0 fully saturated rings. The zero-order valence-electron chi connectivity index (χ0n) is 35.3. The minimum atomic E-state index is -5.06. The van der Waals surface area contributed by atoms with Crippen LogP contribution < -0.4 is 0 Å². The molecule has 0 aliphatic carbocycles. The number of nitriles is 2. The first-order valence-corrected chi connectivity index (χ1v) is 20.9. The number of hydrogen-bond donors (Lipinski definition) is 0. The van der Waals surface area contributed by atoms with Crippen molar-refractivity contribution in [2.75, 3.05) is 0 Å². The topological polar surface area (TPSA) is 57.4 Å². The van der Waals surface area contributed by atoms with E-state index >= 15 is 0 Å². The third kappa shape index (κ3) is 7.81. The van der Waals surface area contributed by atoms with Crippen LogP contribution in [0.5, 0.6) is 0 Å². The maximum absolute atomic E-state index is 13.9. The lowest BCUT2D eigenvalue weighted by atomic mass is 9.97. The van der Waals surface area contributed by atoms with Gasteiger partial charge in [0.2, 0.25) is 0 Å². The molecule has 0 unspecified atom stereocenters. The summed E-state index contributed by atoms with van der Waals surface area (Å²) in [6.45, 7) is 0. The van der Waals surface area contributed by atoms with Crippen molar-refractivity contribution in [3.63, 3.8) is 0 Å². The molecule has 70 heavy (non-hydrogen) atoms. The second-order valence-corrected chi connectivity index (χ2v) is 16.4. The summed E-state index contributed by atoms with van der Waals surface area (Å²) in [4.78, 5) is 0. The molecule has 2 aromatic heterocycles. The van der Waals surface area contributed by atoms with E-state index in [-0.39, 0.29) is 45.5 Å². The highest BCUT2D eigenvalue weighted by Crippen LogP contribution is 2.44. The van der Waals surface area contributed by atoms with Gasteiger partial charge in [-0.25, -0.2) is 0 Å². The van der Waals surface area contributed by atoms with Gasteiger partial charge >= 0.3 is 24.7 Å². The summed E-state index contributed by atoms with van der Waals surface area (Å²) in [5, 5.41) is 23.0. The fraction of sp³-hybridized carbons (Fsp3) is 0.0741. The van der Waals surface area contributed by atoms with Gasteiger partial charge in [-0.05, 0) is 130 Å². The number of alkyl halides is 12. The number of halogens is 12. The van der Waals surface area contributed by atoms with Crippen molar-refractivity contribution in [2.24, 2.45) is 0 Å². The first-order chi connectivity index (χ1) is 33.1. The highest BCUT2D eigenvalue weighted by Gasteiger charge is 2.38. The van der Waals surface area contributed by atoms with Crippen LogP contribution in [0.15, 0.2) is 158 Å². The number of benzene rings is 8. The Kier molecular flexibility index (Phi) is 10.4. The molecular formula is C54H26F12N4. The summed E-state index contributed by atoms with van der Waals surface area (Å²) in [6.07, 6.45) is -20.3. The summed E-state index contributed by atoms with van der Waals surface area (Å²) in [6, 6.07) is 40.0. The second-order valence-electron chi connectivity index (χ2n) is 16.4. The van der Waals surface area contributed by atoms with E-state index in [9.17, 15) is 63.2 Å². The molecule has 0 saturated heterocycles. The Morgan fingerprint density at radius 2 is 0.600 bits per heavy atom. The monoisotopic (exact) mass is 958 g/mol. The minimum Gasteiger partial charge on any atom is -0.308 e. The number of fused-ring (bicyclic) bond motifs is 6. The van der Waals surface area contributed by atoms with Gasteiger partial charge < -0.3 is 9.13 Å². The average Bonchev–Trinajstić information content (AvgIpc) is 3.84. The van der Waals surface area contributed by atoms with Gasteiger partial charge in [0.1, 0.15) is 12.1 Å². The van der Waals surface area contributed by atoms with Gasteiger partial charge in [-0.1, -0.05) is 60.7 Å². The van der Waals surface area contributed by atoms with Crippen LogP contribution in [-0.2, 0) is 24.7 Å². The lowest BCUT2D eigenvalue weighted by Crippen LogP contribution is -2.11. The predicted molar refractivity (Wildman–Crippen MR) is 241 cm³/mol. The van der Waals surface area contributed by atoms with Crippen LogP contribution in [0.25, 0.3) is 88.4 Å². The van der Waals surface area contributed by atoms with Crippen LogP contribution >= 0.6 is 0 Å². The highest BCUT2D eigenvalue weighted by molar-refractivity contribution is 6.12. The zero-order valence-corrected chi connectivity index (χ0v) is 35.3. The van der Waals surface area contributed by atoms with E-state index in [4.69, 9.17) is 0 Å². The SMILES string of the molecule is N#Cc1ccc(-c2ccc(C#N)c(-n3c4ccccc4c4cc(-c5cc(C(F)(F)F)cc(C(F)(F)F)c5)ccc43)c2)cc1-n1c2ccccc2c2cc(-c3cc(C(F)(F)F)cc(C(F)(F)F)c3)ccc21. The van der Waals surface area contributed by atoms with Crippen LogP contribution in [0.4, 0.5) is 52.7 Å². The Balaban J connectivity index is 1.12. The van der Waals surface area contributed by atoms with Gasteiger partial charge in [0.25, 0.3) is 0 Å². The lowest BCUT2D eigenvalue weighted by Gasteiger charge is -2.16. The van der Waals surface area contributed by atoms with E-state index in [1.165, 1.54) is 24.3 Å². The van der Waals surface area contributed by atoms with Crippen molar-refractivity contribution in [1.29, 1.82) is 10.5 Å². The first kappa shape index (κ1) is 45.3. The second kappa shape index (κ2) is 16.1. The first-order valence-electron chi connectivity index (χ1n) is 20.9. The number of aromatic nitrogens is 2. The van der Waals surface area contributed by atoms with Gasteiger partial charge in [-0.15, -0.1) is 0 Å². The fourth-order valence-corrected chi connectivity index (χ4v) is 9.05. The summed E-state index contributed by atoms with van der Waals surface area (Å²) < 4.78 is 170. The molecule has 0 bridgehead atoms. The van der Waals surface area contributed by atoms with E-state index < -0.39 is 47.0 Å². The van der Waals surface area contributed by atoms with Crippen LogP contribution in [0, 0.1) is 22.7 Å². The maximum atomic E-state index is 13.9. The Morgan fingerprint density at radius 1 is 0.300 bits per heavy atom. The molecular weight excluding hydrogens is 933 g/mol. The summed E-state index contributed by atoms with van der Waals surface area (Å²) in [7, 11) is 0. The van der Waals surface area contributed by atoms with Gasteiger partial charge in [-0.3, -0.25) is 0 Å². The number of hydrogen-bond acceptors (Lipinski definition) is 2. The van der Waals surface area contributed by atoms with Gasteiger partial charge in [-0.2, -0.15) is 63.2 Å². The quantitative estimate of drug-likeness (QED) is 0.161. The zero-order chi connectivity index (χ0) is 49.7. The third-order valence-corrected chi connectivity index (χ3v) is 12.2. The molecule has 0 spiro atoms. The third-order valence-electron chi connectivity index (χ3n) is 12.2. The molecule has 10 rings (SSSR count). The largest absolute Gasteiger partial charge is 0.416 e. The van der Waals surface area contributed by atoms with E-state index in [1.807, 2.05) is 0 Å². The van der Waals surface area contributed by atoms with Crippen LogP contribution in [0.2, 0.25) is 0 Å². The molecule has 2 heterocycles. The predicted octanol–water partition coefficient (Wildman–Crippen LogP) is 16.7. The Hall–Kier alpha value is -8.50. The van der Waals surface area contributed by atoms with Crippen molar-refractivity contribution in [3.05, 3.63) is 191 Å². The van der Waals surface area contributed by atoms with E-state index in [1.54, 1.807) is 106 Å². The van der Waals surface area contributed by atoms with Gasteiger partial charge in [0, 0.05) is 21.5 Å². The molecule has 10 aromatic rings. The van der Waals surface area contributed by atoms with Crippen molar-refractivity contribution in [3.8, 4) is 56.9 Å². The van der Waals surface area contributed by atoms with Crippen molar-refractivity contribution in [2.45, 2.75) is 24.7 Å². The normalized spacial score (nSPS) is 12.5. The molecule has 0 amide bonds. The molecule has 0 aliphatic rings. The molecule has 0 atom stereocenters. The molecule has 0 radical (unpaired) electrons. The maximum Gasteiger partial charge on any atom is 0.416 e. The van der Waals surface area contributed by atoms with Gasteiger partial charge in [0.15, 0.2) is 0 Å². The molecule has 0 aliphatic heterocycles. The van der Waals surface area contributed by atoms with Crippen molar-refractivity contribution >= 4 is 43.6 Å². The lowest BCUT2D eigenvalue weighted by molar-refractivity contribution is -0.144.